The van der Waals surface area contributed by atoms with Crippen molar-refractivity contribution in [2.24, 2.45) is 0 Å². The van der Waals surface area contributed by atoms with Gasteiger partial charge in [-0.3, -0.25) is 4.79 Å². The Hall–Kier alpha value is -2.08. The second-order valence-corrected chi connectivity index (χ2v) is 6.08. The number of nitrogens with one attached hydrogen (secondary N) is 2. The lowest BCUT2D eigenvalue weighted by atomic mass is 10.1. The number of hydrogen-bond donors (Lipinski definition) is 3. The number of ether oxygens (including phenoxy) is 1. The minimum atomic E-state index is -0.941. The summed E-state index contributed by atoms with van der Waals surface area (Å²) in [6.45, 7) is 7.20. The molecule has 6 nitrogen and oxygen atoms in total. The van der Waals surface area contributed by atoms with Gasteiger partial charge in [0, 0.05) is 6.54 Å². The SMILES string of the molecule is CC(NCC(NC(=O)OC(C)(C)C)c1ccccc1)C(=O)O. The number of carboxylic acid groups (broad SMARTS) is 1. The van der Waals surface area contributed by atoms with Gasteiger partial charge in [0.2, 0.25) is 0 Å². The van der Waals surface area contributed by atoms with Gasteiger partial charge in [-0.1, -0.05) is 30.3 Å². The van der Waals surface area contributed by atoms with E-state index in [1.165, 1.54) is 0 Å². The summed E-state index contributed by atoms with van der Waals surface area (Å²) in [4.78, 5) is 22.8. The van der Waals surface area contributed by atoms with E-state index in [4.69, 9.17) is 9.84 Å². The fourth-order valence-electron chi connectivity index (χ4n) is 1.77. The van der Waals surface area contributed by atoms with E-state index in [0.717, 1.165) is 5.56 Å². The molecule has 1 rings (SSSR count). The molecule has 0 heterocycles. The molecule has 3 N–H and O–H groups in total. The van der Waals surface area contributed by atoms with Gasteiger partial charge in [0.15, 0.2) is 0 Å². The van der Waals surface area contributed by atoms with Crippen molar-refractivity contribution in [3.63, 3.8) is 0 Å². The summed E-state index contributed by atoms with van der Waals surface area (Å²) in [6.07, 6.45) is -0.536. The van der Waals surface area contributed by atoms with E-state index in [9.17, 15) is 9.59 Å². The summed E-state index contributed by atoms with van der Waals surface area (Å²) in [6, 6.07) is 8.26. The average molecular weight is 308 g/mol. The van der Waals surface area contributed by atoms with Crippen molar-refractivity contribution in [3.8, 4) is 0 Å². The smallest absolute Gasteiger partial charge is 0.408 e. The molecule has 6 heteroatoms. The van der Waals surface area contributed by atoms with Crippen LogP contribution in [0.5, 0.6) is 0 Å². The van der Waals surface area contributed by atoms with Crippen LogP contribution in [0.3, 0.4) is 0 Å². The Kier molecular flexibility index (Phi) is 6.37. The Balaban J connectivity index is 2.75. The van der Waals surface area contributed by atoms with Crippen molar-refractivity contribution in [1.82, 2.24) is 10.6 Å². The quantitative estimate of drug-likeness (QED) is 0.750. The number of carbonyl (C=O) groups excluding carboxylic acids is 1. The van der Waals surface area contributed by atoms with E-state index < -0.39 is 23.7 Å². The Bertz CT molecular complexity index is 497. The number of carbonyl (C=O) groups is 2. The Morgan fingerprint density at radius 3 is 2.32 bits per heavy atom. The first-order valence-electron chi connectivity index (χ1n) is 7.19. The second kappa shape index (κ2) is 7.79. The third kappa shape index (κ3) is 6.58. The fraction of sp³-hybridized carbons (Fsp3) is 0.500. The molecular formula is C16H24N2O4. The zero-order valence-corrected chi connectivity index (χ0v) is 13.4. The highest BCUT2D eigenvalue weighted by molar-refractivity contribution is 5.73. The summed E-state index contributed by atoms with van der Waals surface area (Å²) in [5, 5.41) is 14.6. The maximum atomic E-state index is 11.9. The number of rotatable bonds is 6. The summed E-state index contributed by atoms with van der Waals surface area (Å²) < 4.78 is 5.25. The maximum absolute atomic E-state index is 11.9. The van der Waals surface area contributed by atoms with Gasteiger partial charge in [-0.05, 0) is 33.3 Å². The molecule has 1 aromatic carbocycles. The predicted octanol–water partition coefficient (Wildman–Crippen LogP) is 2.32. The van der Waals surface area contributed by atoms with Crippen LogP contribution < -0.4 is 10.6 Å². The second-order valence-electron chi connectivity index (χ2n) is 6.08. The number of aliphatic carboxylic acids is 1. The van der Waals surface area contributed by atoms with Gasteiger partial charge in [0.1, 0.15) is 11.6 Å². The highest BCUT2D eigenvalue weighted by atomic mass is 16.6. The lowest BCUT2D eigenvalue weighted by Gasteiger charge is -2.24. The Labute approximate surface area is 130 Å². The van der Waals surface area contributed by atoms with Crippen molar-refractivity contribution in [3.05, 3.63) is 35.9 Å². The standard InChI is InChI=1S/C16H24N2O4/c1-11(14(19)20)17-10-13(12-8-6-5-7-9-12)18-15(21)22-16(2,3)4/h5-9,11,13,17H,10H2,1-4H3,(H,18,21)(H,19,20). The average Bonchev–Trinajstić information content (AvgIpc) is 2.41. The number of alkyl carbamates (subject to hydrolysis) is 1. The molecule has 1 amide bonds. The van der Waals surface area contributed by atoms with Crippen molar-refractivity contribution < 1.29 is 19.4 Å². The lowest BCUT2D eigenvalue weighted by molar-refractivity contribution is -0.139. The van der Waals surface area contributed by atoms with Crippen LogP contribution in [0.2, 0.25) is 0 Å². The minimum absolute atomic E-state index is 0.288. The van der Waals surface area contributed by atoms with E-state index >= 15 is 0 Å². The first-order chi connectivity index (χ1) is 10.2. The normalized spacial score (nSPS) is 14.0. The summed E-state index contributed by atoms with van der Waals surface area (Å²) >= 11 is 0. The van der Waals surface area contributed by atoms with Gasteiger partial charge in [-0.2, -0.15) is 0 Å². The number of benzene rings is 1. The Morgan fingerprint density at radius 1 is 1.23 bits per heavy atom. The lowest BCUT2D eigenvalue weighted by Crippen LogP contribution is -2.43. The number of hydrogen-bond acceptors (Lipinski definition) is 4. The van der Waals surface area contributed by atoms with Crippen LogP contribution >= 0.6 is 0 Å². The number of carboxylic acids is 1. The van der Waals surface area contributed by atoms with Crippen LogP contribution in [0.4, 0.5) is 4.79 Å². The highest BCUT2D eigenvalue weighted by Crippen LogP contribution is 2.14. The van der Waals surface area contributed by atoms with Crippen LogP contribution in [0.1, 0.15) is 39.3 Å². The molecule has 0 radical (unpaired) electrons. The van der Waals surface area contributed by atoms with Gasteiger partial charge in [0.05, 0.1) is 6.04 Å². The summed E-state index contributed by atoms with van der Waals surface area (Å²) in [5.74, 6) is -0.941. The molecule has 0 aliphatic heterocycles. The molecule has 0 aliphatic carbocycles. The molecule has 0 aliphatic rings. The minimum Gasteiger partial charge on any atom is -0.480 e. The van der Waals surface area contributed by atoms with Crippen LogP contribution in [-0.4, -0.2) is 35.4 Å². The molecule has 0 bridgehead atoms. The maximum Gasteiger partial charge on any atom is 0.408 e. The van der Waals surface area contributed by atoms with Crippen molar-refractivity contribution in [1.29, 1.82) is 0 Å². The summed E-state index contributed by atoms with van der Waals surface area (Å²) in [5.41, 5.74) is 0.283. The first-order valence-corrected chi connectivity index (χ1v) is 7.19. The van der Waals surface area contributed by atoms with Gasteiger partial charge >= 0.3 is 12.1 Å². The summed E-state index contributed by atoms with van der Waals surface area (Å²) in [7, 11) is 0. The molecule has 22 heavy (non-hydrogen) atoms. The van der Waals surface area contributed by atoms with Gasteiger partial charge < -0.3 is 20.5 Å². The Morgan fingerprint density at radius 2 is 1.82 bits per heavy atom. The van der Waals surface area contributed by atoms with Crippen molar-refractivity contribution in [2.75, 3.05) is 6.54 Å². The largest absolute Gasteiger partial charge is 0.480 e. The molecule has 0 spiro atoms. The molecule has 0 fully saturated rings. The fourth-order valence-corrected chi connectivity index (χ4v) is 1.77. The van der Waals surface area contributed by atoms with E-state index in [1.54, 1.807) is 27.7 Å². The molecule has 0 saturated heterocycles. The monoisotopic (exact) mass is 308 g/mol. The van der Waals surface area contributed by atoms with Crippen LogP contribution in [0.15, 0.2) is 30.3 Å². The number of amides is 1. The molecular weight excluding hydrogens is 284 g/mol. The van der Waals surface area contributed by atoms with E-state index in [1.807, 2.05) is 30.3 Å². The third-order valence-electron chi connectivity index (χ3n) is 2.89. The van der Waals surface area contributed by atoms with Crippen LogP contribution in [0, 0.1) is 0 Å². The topological polar surface area (TPSA) is 87.7 Å². The molecule has 122 valence electrons. The zero-order valence-electron chi connectivity index (χ0n) is 13.4. The van der Waals surface area contributed by atoms with Gasteiger partial charge in [-0.25, -0.2) is 4.79 Å². The van der Waals surface area contributed by atoms with Crippen LogP contribution in [-0.2, 0) is 9.53 Å². The van der Waals surface area contributed by atoms with Crippen molar-refractivity contribution >= 4 is 12.1 Å². The van der Waals surface area contributed by atoms with E-state index in [2.05, 4.69) is 10.6 Å². The third-order valence-corrected chi connectivity index (χ3v) is 2.89. The van der Waals surface area contributed by atoms with E-state index in [0.29, 0.717) is 0 Å². The molecule has 2 unspecified atom stereocenters. The highest BCUT2D eigenvalue weighted by Gasteiger charge is 2.21. The molecule has 0 saturated carbocycles. The molecule has 2 atom stereocenters. The van der Waals surface area contributed by atoms with Crippen LogP contribution in [0.25, 0.3) is 0 Å². The molecule has 1 aromatic rings. The predicted molar refractivity (Wildman–Crippen MR) is 83.7 cm³/mol. The molecule has 0 aromatic heterocycles. The van der Waals surface area contributed by atoms with Gasteiger partial charge in [-0.15, -0.1) is 0 Å². The van der Waals surface area contributed by atoms with Gasteiger partial charge in [0.25, 0.3) is 0 Å². The van der Waals surface area contributed by atoms with E-state index in [-0.39, 0.29) is 12.6 Å². The zero-order chi connectivity index (χ0) is 16.8. The van der Waals surface area contributed by atoms with Crippen molar-refractivity contribution in [2.45, 2.75) is 45.4 Å². The first kappa shape index (κ1) is 18.0.